The predicted molar refractivity (Wildman–Crippen MR) is 77.9 cm³/mol. The molecule has 0 spiro atoms. The summed E-state index contributed by atoms with van der Waals surface area (Å²) < 4.78 is 0. The minimum Gasteiger partial charge on any atom is -0.478 e. The third-order valence-corrected chi connectivity index (χ3v) is 3.51. The quantitative estimate of drug-likeness (QED) is 0.753. The Kier molecular flexibility index (Phi) is 2.92. The van der Waals surface area contributed by atoms with Crippen LogP contribution in [0.25, 0.3) is 22.2 Å². The van der Waals surface area contributed by atoms with Gasteiger partial charge >= 0.3 is 5.97 Å². The minimum absolute atomic E-state index is 0.231. The summed E-state index contributed by atoms with van der Waals surface area (Å²) in [6.45, 7) is 1.73. The Hall–Kier alpha value is -3.13. The van der Waals surface area contributed by atoms with E-state index in [1.54, 1.807) is 13.1 Å². The molecule has 2 aromatic heterocycles. The van der Waals surface area contributed by atoms with Crippen molar-refractivity contribution in [1.29, 1.82) is 5.26 Å². The van der Waals surface area contributed by atoms with Gasteiger partial charge in [-0.1, -0.05) is 6.07 Å². The third-order valence-electron chi connectivity index (χ3n) is 3.51. The molecule has 3 rings (SSSR count). The zero-order chi connectivity index (χ0) is 15.0. The molecular weight excluding hydrogens is 266 g/mol. The van der Waals surface area contributed by atoms with Crippen molar-refractivity contribution in [2.45, 2.75) is 6.92 Å². The Morgan fingerprint density at radius 1 is 1.38 bits per heavy atom. The van der Waals surface area contributed by atoms with Gasteiger partial charge in [-0.05, 0) is 30.7 Å². The van der Waals surface area contributed by atoms with E-state index in [4.69, 9.17) is 5.26 Å². The Morgan fingerprint density at radius 2 is 2.19 bits per heavy atom. The maximum atomic E-state index is 11.2. The number of benzene rings is 1. The topological polar surface area (TPSA) is 89.8 Å². The summed E-state index contributed by atoms with van der Waals surface area (Å²) in [5.74, 6) is -0.975. The lowest BCUT2D eigenvalue weighted by atomic mass is 10.0. The van der Waals surface area contributed by atoms with Crippen LogP contribution in [-0.2, 0) is 0 Å². The number of hydrogen-bond acceptors (Lipinski definition) is 3. The van der Waals surface area contributed by atoms with Crippen molar-refractivity contribution in [3.05, 3.63) is 53.3 Å². The summed E-state index contributed by atoms with van der Waals surface area (Å²) in [6, 6.07) is 9.19. The van der Waals surface area contributed by atoms with Crippen LogP contribution in [0, 0.1) is 18.3 Å². The van der Waals surface area contributed by atoms with Crippen LogP contribution >= 0.6 is 0 Å². The molecule has 0 unspecified atom stereocenters. The van der Waals surface area contributed by atoms with Gasteiger partial charge in [0.15, 0.2) is 0 Å². The number of nitrogens with zero attached hydrogens (tertiary/aromatic N) is 2. The first-order valence-corrected chi connectivity index (χ1v) is 6.32. The molecule has 0 bridgehead atoms. The molecule has 2 N–H and O–H groups in total. The number of H-pyrrole nitrogens is 1. The van der Waals surface area contributed by atoms with Gasteiger partial charge in [0.05, 0.1) is 16.8 Å². The van der Waals surface area contributed by atoms with Gasteiger partial charge in [0.25, 0.3) is 0 Å². The summed E-state index contributed by atoms with van der Waals surface area (Å²) in [6.07, 6.45) is 3.14. The summed E-state index contributed by atoms with van der Waals surface area (Å²) in [4.78, 5) is 18.5. The van der Waals surface area contributed by atoms with Crippen molar-refractivity contribution in [2.24, 2.45) is 0 Å². The van der Waals surface area contributed by atoms with Crippen LogP contribution in [-0.4, -0.2) is 21.0 Å². The molecule has 5 heteroatoms. The normalized spacial score (nSPS) is 10.5. The highest BCUT2D eigenvalue weighted by atomic mass is 16.4. The Bertz CT molecular complexity index is 904. The molecule has 2 heterocycles. The zero-order valence-corrected chi connectivity index (χ0v) is 11.2. The number of nitriles is 1. The lowest BCUT2D eigenvalue weighted by molar-refractivity contribution is 0.0696. The Balaban J connectivity index is 2.23. The first kappa shape index (κ1) is 12.9. The van der Waals surface area contributed by atoms with Gasteiger partial charge in [0, 0.05) is 28.9 Å². The molecule has 0 saturated carbocycles. The number of fused-ring (bicyclic) bond motifs is 1. The summed E-state index contributed by atoms with van der Waals surface area (Å²) in [5, 5.41) is 19.1. The van der Waals surface area contributed by atoms with Crippen LogP contribution in [0.2, 0.25) is 0 Å². The van der Waals surface area contributed by atoms with Crippen LogP contribution < -0.4 is 0 Å². The molecule has 102 valence electrons. The lowest BCUT2D eigenvalue weighted by Gasteiger charge is -2.08. The van der Waals surface area contributed by atoms with Gasteiger partial charge in [0.1, 0.15) is 6.07 Å². The third kappa shape index (κ3) is 2.03. The summed E-state index contributed by atoms with van der Waals surface area (Å²) >= 11 is 0. The molecule has 3 aromatic rings. The molecular formula is C16H11N3O2. The van der Waals surface area contributed by atoms with E-state index in [-0.39, 0.29) is 5.56 Å². The highest BCUT2D eigenvalue weighted by Crippen LogP contribution is 2.28. The van der Waals surface area contributed by atoms with Gasteiger partial charge < -0.3 is 10.1 Å². The van der Waals surface area contributed by atoms with Crippen molar-refractivity contribution in [3.8, 4) is 17.3 Å². The number of carbonyl (C=O) groups is 1. The number of aromatic nitrogens is 2. The molecule has 21 heavy (non-hydrogen) atoms. The fourth-order valence-corrected chi connectivity index (χ4v) is 2.42. The highest BCUT2D eigenvalue weighted by Gasteiger charge is 2.13. The second kappa shape index (κ2) is 4.76. The minimum atomic E-state index is -0.975. The zero-order valence-electron chi connectivity index (χ0n) is 11.2. The van der Waals surface area contributed by atoms with E-state index < -0.39 is 5.97 Å². The molecule has 0 fully saturated rings. The molecule has 0 radical (unpaired) electrons. The second-order valence-corrected chi connectivity index (χ2v) is 4.71. The lowest BCUT2D eigenvalue weighted by Crippen LogP contribution is -2.02. The number of aromatic amines is 1. The number of carboxylic acid groups (broad SMARTS) is 1. The molecule has 5 nitrogen and oxygen atoms in total. The van der Waals surface area contributed by atoms with Gasteiger partial charge in [-0.3, -0.25) is 4.98 Å². The fourth-order valence-electron chi connectivity index (χ4n) is 2.42. The van der Waals surface area contributed by atoms with E-state index >= 15 is 0 Å². The van der Waals surface area contributed by atoms with E-state index in [1.807, 2.05) is 18.2 Å². The number of nitrogens with one attached hydrogen (secondary N) is 1. The number of carboxylic acids is 1. The molecule has 1 aromatic carbocycles. The fraction of sp³-hybridized carbons (Fsp3) is 0.0625. The monoisotopic (exact) mass is 277 g/mol. The number of rotatable bonds is 2. The van der Waals surface area contributed by atoms with E-state index in [1.165, 1.54) is 12.3 Å². The van der Waals surface area contributed by atoms with Crippen molar-refractivity contribution in [3.63, 3.8) is 0 Å². The number of hydrogen-bond donors (Lipinski definition) is 2. The van der Waals surface area contributed by atoms with Crippen molar-refractivity contribution < 1.29 is 9.90 Å². The molecule has 0 atom stereocenters. The smallest absolute Gasteiger partial charge is 0.336 e. The second-order valence-electron chi connectivity index (χ2n) is 4.71. The van der Waals surface area contributed by atoms with Gasteiger partial charge in [-0.25, -0.2) is 4.79 Å². The average Bonchev–Trinajstić information content (AvgIpc) is 2.89. The highest BCUT2D eigenvalue weighted by molar-refractivity contribution is 5.93. The van der Waals surface area contributed by atoms with E-state index in [0.717, 1.165) is 16.5 Å². The van der Waals surface area contributed by atoms with Crippen LogP contribution in [0.5, 0.6) is 0 Å². The summed E-state index contributed by atoms with van der Waals surface area (Å²) in [5.41, 5.74) is 3.66. The molecule has 0 saturated heterocycles. The standard InChI is InChI=1S/C16H11N3O2/c1-9-12(16(20)21)4-5-18-15(9)10-2-3-14-13(6-10)11(7-17)8-19-14/h2-6,8,19H,1H3,(H,20,21). The van der Waals surface area contributed by atoms with E-state index in [9.17, 15) is 9.90 Å². The molecule has 0 aliphatic rings. The van der Waals surface area contributed by atoms with Crippen LogP contribution in [0.4, 0.5) is 0 Å². The Labute approximate surface area is 120 Å². The van der Waals surface area contributed by atoms with Crippen molar-refractivity contribution in [1.82, 2.24) is 9.97 Å². The van der Waals surface area contributed by atoms with E-state index in [0.29, 0.717) is 16.8 Å². The molecule has 0 aliphatic carbocycles. The first-order chi connectivity index (χ1) is 10.1. The number of aromatic carboxylic acids is 1. The van der Waals surface area contributed by atoms with Gasteiger partial charge in [-0.15, -0.1) is 0 Å². The van der Waals surface area contributed by atoms with Crippen LogP contribution in [0.3, 0.4) is 0 Å². The first-order valence-electron chi connectivity index (χ1n) is 6.32. The molecule has 0 aliphatic heterocycles. The van der Waals surface area contributed by atoms with Gasteiger partial charge in [0.2, 0.25) is 0 Å². The SMILES string of the molecule is Cc1c(C(=O)O)ccnc1-c1ccc2[nH]cc(C#N)c2c1. The number of pyridine rings is 1. The largest absolute Gasteiger partial charge is 0.478 e. The van der Waals surface area contributed by atoms with E-state index in [2.05, 4.69) is 16.0 Å². The van der Waals surface area contributed by atoms with Crippen LogP contribution in [0.15, 0.2) is 36.7 Å². The predicted octanol–water partition coefficient (Wildman–Crippen LogP) is 3.11. The summed E-state index contributed by atoms with van der Waals surface area (Å²) in [7, 11) is 0. The maximum Gasteiger partial charge on any atom is 0.336 e. The van der Waals surface area contributed by atoms with Crippen molar-refractivity contribution in [2.75, 3.05) is 0 Å². The molecule has 0 amide bonds. The Morgan fingerprint density at radius 3 is 2.90 bits per heavy atom. The van der Waals surface area contributed by atoms with Gasteiger partial charge in [-0.2, -0.15) is 5.26 Å². The maximum absolute atomic E-state index is 11.2. The average molecular weight is 277 g/mol. The van der Waals surface area contributed by atoms with Crippen LogP contribution in [0.1, 0.15) is 21.5 Å². The van der Waals surface area contributed by atoms with Crippen molar-refractivity contribution >= 4 is 16.9 Å².